The highest BCUT2D eigenvalue weighted by molar-refractivity contribution is 5.51. The third kappa shape index (κ3) is 5.63. The molecule has 0 spiro atoms. The molecule has 0 heterocycles. The third-order valence-electron chi connectivity index (χ3n) is 0.609. The quantitative estimate of drug-likeness (QED) is 0.509. The number of hydrogen-bond donors (Lipinski definition) is 1. The first-order chi connectivity index (χ1) is 3.06. The topological polar surface area (TPSA) is 43.1 Å². The summed E-state index contributed by atoms with van der Waals surface area (Å²) in [7, 11) is 0. The summed E-state index contributed by atoms with van der Waals surface area (Å²) < 4.78 is 0. The first-order valence-corrected chi connectivity index (χ1v) is 2.29. The van der Waals surface area contributed by atoms with Gasteiger partial charge in [-0.05, 0) is 13.8 Å². The maximum atomic E-state index is 9.74. The van der Waals surface area contributed by atoms with Crippen LogP contribution in [0.1, 0.15) is 20.3 Å². The summed E-state index contributed by atoms with van der Waals surface area (Å²) in [6.07, 6.45) is 1.27. The predicted molar refractivity (Wildman–Crippen MR) is 28.9 cm³/mol. The van der Waals surface area contributed by atoms with Crippen LogP contribution < -0.4 is 5.73 Å². The molecule has 0 aliphatic rings. The van der Waals surface area contributed by atoms with Crippen LogP contribution in [0.15, 0.2) is 0 Å². The maximum Gasteiger partial charge on any atom is 0.121 e. The zero-order valence-electron chi connectivity index (χ0n) is 4.77. The second-order valence-corrected chi connectivity index (χ2v) is 2.36. The van der Waals surface area contributed by atoms with E-state index in [2.05, 4.69) is 0 Å². The SMILES string of the molecule is CC(C)(N)CC=O. The Hall–Kier alpha value is -0.370. The van der Waals surface area contributed by atoms with Crippen molar-refractivity contribution in [3.63, 3.8) is 0 Å². The molecule has 0 aliphatic carbocycles. The Morgan fingerprint density at radius 1 is 1.71 bits per heavy atom. The van der Waals surface area contributed by atoms with Crippen molar-refractivity contribution < 1.29 is 4.79 Å². The Balaban J connectivity index is 3.34. The smallest absolute Gasteiger partial charge is 0.121 e. The van der Waals surface area contributed by atoms with E-state index in [9.17, 15) is 4.79 Å². The molecule has 0 aromatic carbocycles. The Kier molecular flexibility index (Phi) is 1.96. The van der Waals surface area contributed by atoms with Crippen LogP contribution >= 0.6 is 0 Å². The molecule has 7 heavy (non-hydrogen) atoms. The zero-order chi connectivity index (χ0) is 5.91. The Labute approximate surface area is 43.7 Å². The van der Waals surface area contributed by atoms with Gasteiger partial charge in [0.2, 0.25) is 0 Å². The molecule has 0 aromatic heterocycles. The molecule has 0 amide bonds. The van der Waals surface area contributed by atoms with Crippen LogP contribution in [0.25, 0.3) is 0 Å². The molecule has 0 aliphatic heterocycles. The second-order valence-electron chi connectivity index (χ2n) is 2.36. The summed E-state index contributed by atoms with van der Waals surface area (Å²) in [5, 5.41) is 0. The monoisotopic (exact) mass is 101 g/mol. The zero-order valence-corrected chi connectivity index (χ0v) is 4.77. The van der Waals surface area contributed by atoms with Crippen LogP contribution in [0.4, 0.5) is 0 Å². The molecule has 0 saturated heterocycles. The maximum absolute atomic E-state index is 9.74. The minimum atomic E-state index is -0.318. The largest absolute Gasteiger partial charge is 0.325 e. The van der Waals surface area contributed by atoms with Gasteiger partial charge in [0, 0.05) is 12.0 Å². The fourth-order valence-electron chi connectivity index (χ4n) is 0.215. The molecule has 0 saturated carbocycles. The van der Waals surface area contributed by atoms with E-state index in [4.69, 9.17) is 5.73 Å². The van der Waals surface area contributed by atoms with Crippen LogP contribution in [0, 0.1) is 0 Å². The lowest BCUT2D eigenvalue weighted by molar-refractivity contribution is -0.108. The predicted octanol–water partition coefficient (Wildman–Crippen LogP) is 0.313. The van der Waals surface area contributed by atoms with Gasteiger partial charge < -0.3 is 10.5 Å². The molecule has 0 rings (SSSR count). The average Bonchev–Trinajstić information content (AvgIpc) is 1.30. The van der Waals surface area contributed by atoms with Crippen molar-refractivity contribution in [3.8, 4) is 0 Å². The van der Waals surface area contributed by atoms with Crippen molar-refractivity contribution in [1.82, 2.24) is 0 Å². The van der Waals surface area contributed by atoms with Gasteiger partial charge in [-0.1, -0.05) is 0 Å². The van der Waals surface area contributed by atoms with Gasteiger partial charge in [0.15, 0.2) is 0 Å². The van der Waals surface area contributed by atoms with Crippen molar-refractivity contribution in [2.24, 2.45) is 5.73 Å². The van der Waals surface area contributed by atoms with Gasteiger partial charge in [-0.2, -0.15) is 0 Å². The summed E-state index contributed by atoms with van der Waals surface area (Å²) in [5.74, 6) is 0. The highest BCUT2D eigenvalue weighted by atomic mass is 16.1. The van der Waals surface area contributed by atoms with E-state index in [-0.39, 0.29) is 5.54 Å². The molecule has 0 unspecified atom stereocenters. The van der Waals surface area contributed by atoms with Crippen molar-refractivity contribution in [2.75, 3.05) is 0 Å². The summed E-state index contributed by atoms with van der Waals surface area (Å²) in [5.41, 5.74) is 5.10. The summed E-state index contributed by atoms with van der Waals surface area (Å²) in [6.45, 7) is 3.64. The number of hydrogen-bond acceptors (Lipinski definition) is 2. The minimum Gasteiger partial charge on any atom is -0.325 e. The lowest BCUT2D eigenvalue weighted by Crippen LogP contribution is -2.31. The number of nitrogens with two attached hydrogens (primary N) is 1. The lowest BCUT2D eigenvalue weighted by Gasteiger charge is -2.12. The van der Waals surface area contributed by atoms with Gasteiger partial charge in [-0.25, -0.2) is 0 Å². The van der Waals surface area contributed by atoms with Gasteiger partial charge in [0.25, 0.3) is 0 Å². The molecular formula is C5H11NO. The van der Waals surface area contributed by atoms with Gasteiger partial charge in [0.05, 0.1) is 0 Å². The number of carbonyl (C=O) groups is 1. The van der Waals surface area contributed by atoms with E-state index in [1.165, 1.54) is 0 Å². The molecule has 2 N–H and O–H groups in total. The number of aldehydes is 1. The van der Waals surface area contributed by atoms with Gasteiger partial charge in [0.1, 0.15) is 6.29 Å². The Morgan fingerprint density at radius 3 is 2.14 bits per heavy atom. The Morgan fingerprint density at radius 2 is 2.14 bits per heavy atom. The van der Waals surface area contributed by atoms with Crippen LogP contribution in [0.3, 0.4) is 0 Å². The lowest BCUT2D eigenvalue weighted by atomic mass is 10.0. The highest BCUT2D eigenvalue weighted by Gasteiger charge is 2.07. The van der Waals surface area contributed by atoms with Crippen molar-refractivity contribution in [2.45, 2.75) is 25.8 Å². The van der Waals surface area contributed by atoms with E-state index in [0.29, 0.717) is 6.42 Å². The van der Waals surface area contributed by atoms with Crippen LogP contribution in [0.5, 0.6) is 0 Å². The molecule has 0 bridgehead atoms. The van der Waals surface area contributed by atoms with E-state index < -0.39 is 0 Å². The van der Waals surface area contributed by atoms with E-state index >= 15 is 0 Å². The highest BCUT2D eigenvalue weighted by Crippen LogP contribution is 1.98. The molecule has 0 radical (unpaired) electrons. The van der Waals surface area contributed by atoms with Gasteiger partial charge in [-0.3, -0.25) is 0 Å². The minimum absolute atomic E-state index is 0.318. The van der Waals surface area contributed by atoms with Crippen molar-refractivity contribution >= 4 is 6.29 Å². The van der Waals surface area contributed by atoms with Gasteiger partial charge in [-0.15, -0.1) is 0 Å². The molecule has 0 aromatic rings. The molecule has 2 nitrogen and oxygen atoms in total. The first-order valence-electron chi connectivity index (χ1n) is 2.29. The molecule has 0 fully saturated rings. The first kappa shape index (κ1) is 6.63. The molecule has 0 atom stereocenters. The normalized spacial score (nSPS) is 11.3. The molecule has 2 heteroatoms. The van der Waals surface area contributed by atoms with Crippen LogP contribution in [-0.2, 0) is 4.79 Å². The standard InChI is InChI=1S/C5H11NO/c1-5(2,6)3-4-7/h4H,3,6H2,1-2H3. The second kappa shape index (κ2) is 2.07. The molecule has 42 valence electrons. The van der Waals surface area contributed by atoms with Crippen LogP contribution in [0.2, 0.25) is 0 Å². The fraction of sp³-hybridized carbons (Fsp3) is 0.800. The van der Waals surface area contributed by atoms with Crippen LogP contribution in [-0.4, -0.2) is 11.8 Å². The van der Waals surface area contributed by atoms with E-state index in [1.807, 2.05) is 13.8 Å². The van der Waals surface area contributed by atoms with Gasteiger partial charge >= 0.3 is 0 Å². The third-order valence-corrected chi connectivity index (χ3v) is 0.609. The van der Waals surface area contributed by atoms with Crippen molar-refractivity contribution in [3.05, 3.63) is 0 Å². The fourth-order valence-corrected chi connectivity index (χ4v) is 0.215. The van der Waals surface area contributed by atoms with Crippen molar-refractivity contribution in [1.29, 1.82) is 0 Å². The molecular weight excluding hydrogens is 90.1 g/mol. The summed E-state index contributed by atoms with van der Waals surface area (Å²) >= 11 is 0. The van der Waals surface area contributed by atoms with E-state index in [1.54, 1.807) is 0 Å². The summed E-state index contributed by atoms with van der Waals surface area (Å²) in [4.78, 5) is 9.74. The Bertz CT molecular complexity index is 63.0. The van der Waals surface area contributed by atoms with E-state index in [0.717, 1.165) is 6.29 Å². The number of carbonyl (C=O) groups excluding carboxylic acids is 1. The summed E-state index contributed by atoms with van der Waals surface area (Å²) in [6, 6.07) is 0. The number of rotatable bonds is 2. The average molecular weight is 101 g/mol.